The highest BCUT2D eigenvalue weighted by molar-refractivity contribution is 5.74. The van der Waals surface area contributed by atoms with Crippen LogP contribution >= 0.6 is 0 Å². The number of carbonyl (C=O) groups is 1. The van der Waals surface area contributed by atoms with Crippen molar-refractivity contribution in [2.24, 2.45) is 5.73 Å². The lowest BCUT2D eigenvalue weighted by Gasteiger charge is -2.25. The molecule has 0 fully saturated rings. The number of hydrogen-bond acceptors (Lipinski definition) is 4. The lowest BCUT2D eigenvalue weighted by molar-refractivity contribution is -0.138. The summed E-state index contributed by atoms with van der Waals surface area (Å²) in [6.07, 6.45) is 0.0605. The van der Waals surface area contributed by atoms with Gasteiger partial charge < -0.3 is 20.3 Å². The molecule has 6 heteroatoms. The fourth-order valence-electron chi connectivity index (χ4n) is 2.05. The molecule has 0 aliphatic carbocycles. The minimum atomic E-state index is -1.56. The summed E-state index contributed by atoms with van der Waals surface area (Å²) in [6, 6.07) is 2.11. The van der Waals surface area contributed by atoms with Crippen LogP contribution in [0.15, 0.2) is 12.1 Å². The number of ether oxygens (including phenoxy) is 2. The van der Waals surface area contributed by atoms with Crippen LogP contribution in [0.5, 0.6) is 11.5 Å². The molecule has 0 spiro atoms. The van der Waals surface area contributed by atoms with E-state index in [1.807, 2.05) is 0 Å². The van der Waals surface area contributed by atoms with Crippen molar-refractivity contribution >= 4 is 5.97 Å². The molecule has 1 atom stereocenters. The van der Waals surface area contributed by atoms with Crippen molar-refractivity contribution in [1.29, 1.82) is 0 Å². The van der Waals surface area contributed by atoms with Crippen LogP contribution in [-0.2, 0) is 16.9 Å². The number of benzene rings is 1. The van der Waals surface area contributed by atoms with Gasteiger partial charge in [-0.15, -0.1) is 0 Å². The van der Waals surface area contributed by atoms with Gasteiger partial charge in [-0.2, -0.15) is 0 Å². The van der Waals surface area contributed by atoms with E-state index in [1.54, 1.807) is 12.1 Å². The SMILES string of the molecule is CC(C)(F)c1cc(CC(N)C(=O)O)c2c(c1)OCCO2. The topological polar surface area (TPSA) is 81.8 Å². The lowest BCUT2D eigenvalue weighted by atomic mass is 9.94. The van der Waals surface area contributed by atoms with Crippen LogP contribution in [0, 0.1) is 0 Å². The van der Waals surface area contributed by atoms with Crippen LogP contribution in [0.3, 0.4) is 0 Å². The molecule has 1 aromatic carbocycles. The van der Waals surface area contributed by atoms with Crippen molar-refractivity contribution in [3.05, 3.63) is 23.3 Å². The largest absolute Gasteiger partial charge is 0.486 e. The van der Waals surface area contributed by atoms with Crippen molar-refractivity contribution in [3.63, 3.8) is 0 Å². The van der Waals surface area contributed by atoms with Crippen LogP contribution in [0.2, 0.25) is 0 Å². The zero-order valence-electron chi connectivity index (χ0n) is 11.5. The summed E-state index contributed by atoms with van der Waals surface area (Å²) in [5.41, 5.74) is 4.96. The maximum absolute atomic E-state index is 14.1. The molecular formula is C14H18FNO4. The Hall–Kier alpha value is -1.82. The van der Waals surface area contributed by atoms with E-state index in [4.69, 9.17) is 20.3 Å². The summed E-state index contributed by atoms with van der Waals surface area (Å²) in [6.45, 7) is 3.62. The number of rotatable bonds is 4. The molecule has 2 rings (SSSR count). The van der Waals surface area contributed by atoms with Gasteiger partial charge in [0.25, 0.3) is 0 Å². The smallest absolute Gasteiger partial charge is 0.320 e. The first-order valence-electron chi connectivity index (χ1n) is 6.39. The highest BCUT2D eigenvalue weighted by Gasteiger charge is 2.26. The molecular weight excluding hydrogens is 265 g/mol. The van der Waals surface area contributed by atoms with Gasteiger partial charge in [0.2, 0.25) is 0 Å². The number of hydrogen-bond donors (Lipinski definition) is 2. The Morgan fingerprint density at radius 2 is 2.10 bits per heavy atom. The van der Waals surface area contributed by atoms with Crippen molar-refractivity contribution in [2.75, 3.05) is 13.2 Å². The summed E-state index contributed by atoms with van der Waals surface area (Å²) < 4.78 is 25.1. The number of aliphatic carboxylic acids is 1. The zero-order chi connectivity index (χ0) is 14.9. The van der Waals surface area contributed by atoms with Gasteiger partial charge in [-0.05, 0) is 31.5 Å². The minimum Gasteiger partial charge on any atom is -0.486 e. The lowest BCUT2D eigenvalue weighted by Crippen LogP contribution is -2.33. The van der Waals surface area contributed by atoms with E-state index >= 15 is 0 Å². The van der Waals surface area contributed by atoms with E-state index < -0.39 is 17.7 Å². The third-order valence-corrected chi connectivity index (χ3v) is 3.16. The number of fused-ring (bicyclic) bond motifs is 1. The van der Waals surface area contributed by atoms with Gasteiger partial charge in [-0.25, -0.2) is 4.39 Å². The van der Waals surface area contributed by atoms with Gasteiger partial charge in [-0.1, -0.05) is 0 Å². The molecule has 5 nitrogen and oxygen atoms in total. The molecule has 0 bridgehead atoms. The summed E-state index contributed by atoms with van der Waals surface area (Å²) in [5, 5.41) is 8.91. The second kappa shape index (κ2) is 5.28. The molecule has 1 aliphatic rings. The molecule has 0 saturated heterocycles. The van der Waals surface area contributed by atoms with Crippen molar-refractivity contribution in [1.82, 2.24) is 0 Å². The second-order valence-electron chi connectivity index (χ2n) is 5.28. The predicted octanol–water partition coefficient (Wildman–Crippen LogP) is 1.62. The van der Waals surface area contributed by atoms with Crippen LogP contribution in [0.4, 0.5) is 4.39 Å². The second-order valence-corrected chi connectivity index (χ2v) is 5.28. The summed E-state index contributed by atoms with van der Waals surface area (Å²) in [7, 11) is 0. The maximum atomic E-state index is 14.1. The Labute approximate surface area is 116 Å². The number of nitrogens with two attached hydrogens (primary N) is 1. The molecule has 3 N–H and O–H groups in total. The van der Waals surface area contributed by atoms with Gasteiger partial charge in [0, 0.05) is 12.0 Å². The molecule has 1 heterocycles. The van der Waals surface area contributed by atoms with Crippen molar-refractivity contribution in [3.8, 4) is 11.5 Å². The number of carboxylic acids is 1. The quantitative estimate of drug-likeness (QED) is 0.877. The Bertz CT molecular complexity index is 525. The van der Waals surface area contributed by atoms with E-state index in [0.717, 1.165) is 0 Å². The fourth-order valence-corrected chi connectivity index (χ4v) is 2.05. The molecule has 0 radical (unpaired) electrons. The Balaban J connectivity index is 2.44. The average molecular weight is 283 g/mol. The fraction of sp³-hybridized carbons (Fsp3) is 0.500. The third kappa shape index (κ3) is 3.01. The van der Waals surface area contributed by atoms with Crippen LogP contribution < -0.4 is 15.2 Å². The van der Waals surface area contributed by atoms with Crippen LogP contribution in [0.25, 0.3) is 0 Å². The first-order valence-corrected chi connectivity index (χ1v) is 6.39. The van der Waals surface area contributed by atoms with E-state index in [2.05, 4.69) is 0 Å². The summed E-state index contributed by atoms with van der Waals surface area (Å²) >= 11 is 0. The van der Waals surface area contributed by atoms with Gasteiger partial charge >= 0.3 is 5.97 Å². The molecule has 110 valence electrons. The van der Waals surface area contributed by atoms with Gasteiger partial charge in [0.15, 0.2) is 11.5 Å². The van der Waals surface area contributed by atoms with E-state index in [-0.39, 0.29) is 6.42 Å². The normalized spacial score (nSPS) is 15.8. The van der Waals surface area contributed by atoms with E-state index in [1.165, 1.54) is 13.8 Å². The Morgan fingerprint density at radius 3 is 2.70 bits per heavy atom. The number of carboxylic acid groups (broad SMARTS) is 1. The first-order chi connectivity index (χ1) is 9.29. The molecule has 1 aliphatic heterocycles. The monoisotopic (exact) mass is 283 g/mol. The zero-order valence-corrected chi connectivity index (χ0v) is 11.5. The summed E-state index contributed by atoms with van der Waals surface area (Å²) in [4.78, 5) is 10.9. The minimum absolute atomic E-state index is 0.0605. The summed E-state index contributed by atoms with van der Waals surface area (Å²) in [5.74, 6) is -0.214. The highest BCUT2D eigenvalue weighted by atomic mass is 19.1. The molecule has 0 saturated carbocycles. The van der Waals surface area contributed by atoms with Crippen LogP contribution in [0.1, 0.15) is 25.0 Å². The molecule has 20 heavy (non-hydrogen) atoms. The van der Waals surface area contributed by atoms with Gasteiger partial charge in [0.05, 0.1) is 0 Å². The molecule has 0 amide bonds. The van der Waals surface area contributed by atoms with E-state index in [0.29, 0.717) is 35.8 Å². The number of halogens is 1. The first kappa shape index (κ1) is 14.6. The Kier molecular flexibility index (Phi) is 3.85. The molecule has 0 aromatic heterocycles. The van der Waals surface area contributed by atoms with Gasteiger partial charge in [0.1, 0.15) is 24.9 Å². The average Bonchev–Trinajstić information content (AvgIpc) is 2.37. The maximum Gasteiger partial charge on any atom is 0.320 e. The Morgan fingerprint density at radius 1 is 1.45 bits per heavy atom. The van der Waals surface area contributed by atoms with Crippen molar-refractivity contribution < 1.29 is 23.8 Å². The van der Waals surface area contributed by atoms with Gasteiger partial charge in [-0.3, -0.25) is 4.79 Å². The standard InChI is InChI=1S/C14H18FNO4/c1-14(2,15)9-5-8(6-10(16)13(17)18)12-11(7-9)19-3-4-20-12/h5,7,10H,3-4,6,16H2,1-2H3,(H,17,18). The number of alkyl halides is 1. The predicted molar refractivity (Wildman–Crippen MR) is 70.9 cm³/mol. The third-order valence-electron chi connectivity index (χ3n) is 3.16. The molecule has 1 aromatic rings. The van der Waals surface area contributed by atoms with Crippen LogP contribution in [-0.4, -0.2) is 30.3 Å². The van der Waals surface area contributed by atoms with E-state index in [9.17, 15) is 9.18 Å². The highest BCUT2D eigenvalue weighted by Crippen LogP contribution is 2.39. The molecule has 1 unspecified atom stereocenters. The van der Waals surface area contributed by atoms with Crippen molar-refractivity contribution in [2.45, 2.75) is 32.0 Å².